The van der Waals surface area contributed by atoms with E-state index in [4.69, 9.17) is 10.3 Å². The molecule has 152 valence electrons. The van der Waals surface area contributed by atoms with E-state index in [9.17, 15) is 12.8 Å². The van der Waals surface area contributed by atoms with Gasteiger partial charge in [-0.3, -0.25) is 4.98 Å². The predicted octanol–water partition coefficient (Wildman–Crippen LogP) is 2.11. The molecule has 12 heteroatoms. The number of rotatable bonds is 3. The molecule has 0 aliphatic carbocycles. The minimum absolute atomic E-state index is 0.175. The summed E-state index contributed by atoms with van der Waals surface area (Å²) in [5, 5.41) is 3.74. The van der Waals surface area contributed by atoms with Gasteiger partial charge in [0.05, 0.1) is 10.6 Å². The van der Waals surface area contributed by atoms with Gasteiger partial charge in [0, 0.05) is 18.1 Å². The third kappa shape index (κ3) is 3.38. The van der Waals surface area contributed by atoms with E-state index in [1.807, 2.05) is 0 Å². The molecule has 0 spiro atoms. The molecule has 9 nitrogen and oxygen atoms in total. The van der Waals surface area contributed by atoms with Crippen LogP contribution in [0.25, 0.3) is 22.0 Å². The monoisotopic (exact) mass is 436 g/mol. The van der Waals surface area contributed by atoms with Gasteiger partial charge in [0.25, 0.3) is 5.89 Å². The van der Waals surface area contributed by atoms with Gasteiger partial charge < -0.3 is 10.3 Å². The van der Waals surface area contributed by atoms with E-state index in [0.717, 1.165) is 15.6 Å². The fraction of sp³-hybridized carbons (Fsp3) is 0.294. The van der Waals surface area contributed by atoms with Gasteiger partial charge in [0.2, 0.25) is 16.0 Å². The zero-order chi connectivity index (χ0) is 21.0. The maximum Gasteiger partial charge on any atom is 0.276 e. The van der Waals surface area contributed by atoms with Crippen LogP contribution in [0.15, 0.2) is 33.9 Å². The Morgan fingerprint density at radius 3 is 2.79 bits per heavy atom. The molecule has 1 aliphatic rings. The SMILES string of the molecule is Cc1noc(-c2cc(-c3cc(F)c([C@]4(C)CS(=O)(=O)N(C)C(N)=N4)s3)ccn2)n1. The third-order valence-corrected chi connectivity index (χ3v) is 7.89. The molecule has 0 unspecified atom stereocenters. The number of thiophene rings is 1. The summed E-state index contributed by atoms with van der Waals surface area (Å²) in [4.78, 5) is 13.4. The lowest BCUT2D eigenvalue weighted by atomic mass is 10.0. The highest BCUT2D eigenvalue weighted by Gasteiger charge is 2.43. The average Bonchev–Trinajstić information content (AvgIpc) is 3.26. The molecule has 3 aromatic heterocycles. The van der Waals surface area contributed by atoms with Crippen molar-refractivity contribution in [2.75, 3.05) is 12.8 Å². The van der Waals surface area contributed by atoms with E-state index in [1.54, 1.807) is 32.2 Å². The number of aromatic nitrogens is 3. The lowest BCUT2D eigenvalue weighted by Gasteiger charge is -2.33. The highest BCUT2D eigenvalue weighted by atomic mass is 32.2. The Balaban J connectivity index is 1.76. The Labute approximate surface area is 170 Å². The Bertz CT molecular complexity index is 1240. The van der Waals surface area contributed by atoms with E-state index >= 15 is 0 Å². The first kappa shape index (κ1) is 19.5. The quantitative estimate of drug-likeness (QED) is 0.666. The highest BCUT2D eigenvalue weighted by Crippen LogP contribution is 2.41. The lowest BCUT2D eigenvalue weighted by Crippen LogP contribution is -2.50. The third-order valence-electron chi connectivity index (χ3n) is 4.53. The fourth-order valence-corrected chi connectivity index (χ4v) is 5.70. The van der Waals surface area contributed by atoms with Crippen molar-refractivity contribution in [3.63, 3.8) is 0 Å². The number of nitrogens with zero attached hydrogens (tertiary/aromatic N) is 5. The van der Waals surface area contributed by atoms with Crippen LogP contribution in [0.1, 0.15) is 17.6 Å². The summed E-state index contributed by atoms with van der Waals surface area (Å²) in [6.45, 7) is 3.25. The van der Waals surface area contributed by atoms with Gasteiger partial charge in [-0.25, -0.2) is 22.1 Å². The van der Waals surface area contributed by atoms with Crippen molar-refractivity contribution < 1.29 is 17.3 Å². The van der Waals surface area contributed by atoms with Crippen LogP contribution in [0.5, 0.6) is 0 Å². The van der Waals surface area contributed by atoms with Gasteiger partial charge >= 0.3 is 0 Å². The van der Waals surface area contributed by atoms with Crippen LogP contribution >= 0.6 is 11.3 Å². The molecule has 0 fully saturated rings. The molecular weight excluding hydrogens is 419 g/mol. The predicted molar refractivity (Wildman–Crippen MR) is 106 cm³/mol. The Kier molecular flexibility index (Phi) is 4.42. The van der Waals surface area contributed by atoms with Crippen LogP contribution in [0.2, 0.25) is 0 Å². The van der Waals surface area contributed by atoms with Crippen molar-refractivity contribution >= 4 is 27.3 Å². The molecule has 0 radical (unpaired) electrons. The molecule has 0 aromatic carbocycles. The molecule has 4 heterocycles. The number of hydrogen-bond acceptors (Lipinski definition) is 9. The van der Waals surface area contributed by atoms with Crippen molar-refractivity contribution in [1.82, 2.24) is 19.4 Å². The summed E-state index contributed by atoms with van der Waals surface area (Å²) < 4.78 is 45.7. The summed E-state index contributed by atoms with van der Waals surface area (Å²) in [6.07, 6.45) is 1.55. The van der Waals surface area contributed by atoms with Gasteiger partial charge in [-0.15, -0.1) is 11.3 Å². The molecular formula is C17H17FN6O3S2. The van der Waals surface area contributed by atoms with Gasteiger partial charge in [0.15, 0.2) is 5.82 Å². The van der Waals surface area contributed by atoms with Crippen molar-refractivity contribution in [2.24, 2.45) is 10.7 Å². The molecule has 1 atom stereocenters. The first-order valence-corrected chi connectivity index (χ1v) is 10.9. The first-order valence-electron chi connectivity index (χ1n) is 8.48. The number of aliphatic imine (C=N–C) groups is 1. The van der Waals surface area contributed by atoms with Crippen molar-refractivity contribution in [2.45, 2.75) is 19.4 Å². The lowest BCUT2D eigenvalue weighted by molar-refractivity contribution is 0.424. The van der Waals surface area contributed by atoms with Crippen LogP contribution in [-0.2, 0) is 15.6 Å². The van der Waals surface area contributed by atoms with Crippen molar-refractivity contribution in [3.05, 3.63) is 40.9 Å². The van der Waals surface area contributed by atoms with Crippen molar-refractivity contribution in [1.29, 1.82) is 0 Å². The van der Waals surface area contributed by atoms with Crippen LogP contribution < -0.4 is 5.73 Å². The van der Waals surface area contributed by atoms with E-state index in [-0.39, 0.29) is 22.5 Å². The minimum atomic E-state index is -3.70. The van der Waals surface area contributed by atoms with Gasteiger partial charge in [-0.1, -0.05) is 5.16 Å². The second-order valence-corrected chi connectivity index (χ2v) is 9.88. The standard InChI is InChI=1S/C17H17FN6O3S2/c1-9-21-15(27-23-9)12-6-10(4-5-20-12)13-7-11(18)14(28-13)17(2)8-29(25,26)24(3)16(19)22-17/h4-7H,8H2,1-3H3,(H2,19,22)/t17-/m0/s1. The van der Waals surface area contributed by atoms with Crippen LogP contribution in [0, 0.1) is 12.7 Å². The van der Waals surface area contributed by atoms with Crippen LogP contribution in [0.3, 0.4) is 0 Å². The molecule has 0 saturated heterocycles. The average molecular weight is 436 g/mol. The molecule has 1 aliphatic heterocycles. The number of aryl methyl sites for hydroxylation is 1. The van der Waals surface area contributed by atoms with E-state index in [1.165, 1.54) is 13.1 Å². The normalized spacial score (nSPS) is 21.2. The summed E-state index contributed by atoms with van der Waals surface area (Å²) in [6, 6.07) is 4.76. The van der Waals surface area contributed by atoms with Gasteiger partial charge in [-0.2, -0.15) is 4.98 Å². The van der Waals surface area contributed by atoms with Crippen LogP contribution in [0.4, 0.5) is 4.39 Å². The summed E-state index contributed by atoms with van der Waals surface area (Å²) >= 11 is 1.12. The summed E-state index contributed by atoms with van der Waals surface area (Å²) in [7, 11) is -2.38. The number of pyridine rings is 1. The number of hydrogen-bond donors (Lipinski definition) is 1. The molecule has 2 N–H and O–H groups in total. The molecule has 0 amide bonds. The molecule has 3 aromatic rings. The zero-order valence-corrected chi connectivity index (χ0v) is 17.4. The van der Waals surface area contributed by atoms with E-state index in [0.29, 0.717) is 22.0 Å². The minimum Gasteiger partial charge on any atom is -0.369 e. The number of sulfonamides is 1. The Hall–Kier alpha value is -2.86. The number of halogens is 1. The van der Waals surface area contributed by atoms with Gasteiger partial charge in [-0.05, 0) is 37.6 Å². The summed E-state index contributed by atoms with van der Waals surface area (Å²) in [5.41, 5.74) is 5.58. The highest BCUT2D eigenvalue weighted by molar-refractivity contribution is 7.89. The molecule has 0 bridgehead atoms. The molecule has 4 rings (SSSR count). The first-order chi connectivity index (χ1) is 13.6. The number of nitrogens with two attached hydrogens (primary N) is 1. The number of guanidine groups is 1. The van der Waals surface area contributed by atoms with Crippen molar-refractivity contribution in [3.8, 4) is 22.0 Å². The second kappa shape index (κ2) is 6.59. The Morgan fingerprint density at radius 2 is 2.14 bits per heavy atom. The largest absolute Gasteiger partial charge is 0.369 e. The topological polar surface area (TPSA) is 128 Å². The molecule has 29 heavy (non-hydrogen) atoms. The zero-order valence-electron chi connectivity index (χ0n) is 15.7. The maximum absolute atomic E-state index is 14.9. The smallest absolute Gasteiger partial charge is 0.276 e. The second-order valence-electron chi connectivity index (χ2n) is 6.83. The van der Waals surface area contributed by atoms with Crippen LogP contribution in [-0.4, -0.2) is 46.6 Å². The maximum atomic E-state index is 14.9. The molecule has 0 saturated carbocycles. The van der Waals surface area contributed by atoms with E-state index < -0.39 is 21.4 Å². The summed E-state index contributed by atoms with van der Waals surface area (Å²) in [5.74, 6) is -0.366. The van der Waals surface area contributed by atoms with Gasteiger partial charge in [0.1, 0.15) is 17.1 Å². The Morgan fingerprint density at radius 1 is 1.38 bits per heavy atom. The van der Waals surface area contributed by atoms with E-state index in [2.05, 4.69) is 20.1 Å². The fourth-order valence-electron chi connectivity index (χ4n) is 3.05.